The number of hydrogen-bond donors (Lipinski definition) is 2. The summed E-state index contributed by atoms with van der Waals surface area (Å²) in [6.07, 6.45) is 1.33. The van der Waals surface area contributed by atoms with E-state index in [1.165, 1.54) is 12.3 Å². The molecule has 3 N–H and O–H groups in total. The summed E-state index contributed by atoms with van der Waals surface area (Å²) in [5, 5.41) is 20.1. The van der Waals surface area contributed by atoms with E-state index in [-0.39, 0.29) is 12.1 Å². The van der Waals surface area contributed by atoms with Crippen LogP contribution in [0.5, 0.6) is 0 Å². The van der Waals surface area contributed by atoms with Gasteiger partial charge in [-0.25, -0.2) is 9.67 Å². The lowest BCUT2D eigenvalue weighted by Gasteiger charge is -2.01. The van der Waals surface area contributed by atoms with Crippen molar-refractivity contribution in [3.63, 3.8) is 0 Å². The molecule has 10 heteroatoms. The van der Waals surface area contributed by atoms with Gasteiger partial charge in [-0.2, -0.15) is 0 Å². The molecule has 0 atom stereocenters. The van der Waals surface area contributed by atoms with E-state index in [9.17, 15) is 9.59 Å². The number of carbonyl (C=O) groups excluding carboxylic acids is 1. The number of carboxylic acid groups (broad SMARTS) is 1. The van der Waals surface area contributed by atoms with Crippen LogP contribution in [0.1, 0.15) is 10.4 Å². The maximum absolute atomic E-state index is 10.9. The van der Waals surface area contributed by atoms with E-state index in [4.69, 9.17) is 10.8 Å². The molecule has 2 aromatic heterocycles. The zero-order valence-electron chi connectivity index (χ0n) is 9.42. The predicted octanol–water partition coefficient (Wildman–Crippen LogP) is -0.597. The molecule has 0 bridgehead atoms. The van der Waals surface area contributed by atoms with Crippen LogP contribution in [0.3, 0.4) is 0 Å². The third-order valence-electron chi connectivity index (χ3n) is 2.00. The van der Waals surface area contributed by atoms with Crippen LogP contribution in [0.4, 0.5) is 0 Å². The number of carbonyl (C=O) groups is 2. The molecular weight excluding hydrogens is 272 g/mol. The highest BCUT2D eigenvalue weighted by Gasteiger charge is 2.12. The standard InChI is InChI=1S/C9H8N6O3S/c10-8(18)5-1-2-6(11-3-5)19-9-12-13-14-15(9)4-7(16)17/h1-3H,4H2,(H2,10,18)(H,16,17). The smallest absolute Gasteiger partial charge is 0.325 e. The number of nitrogens with zero attached hydrogens (tertiary/aromatic N) is 5. The average molecular weight is 280 g/mol. The summed E-state index contributed by atoms with van der Waals surface area (Å²) in [5.41, 5.74) is 5.38. The summed E-state index contributed by atoms with van der Waals surface area (Å²) in [7, 11) is 0. The number of pyridine rings is 1. The van der Waals surface area contributed by atoms with Gasteiger partial charge in [-0.3, -0.25) is 9.59 Å². The van der Waals surface area contributed by atoms with Crippen molar-refractivity contribution < 1.29 is 14.7 Å². The van der Waals surface area contributed by atoms with Gasteiger partial charge < -0.3 is 10.8 Å². The molecule has 0 spiro atoms. The van der Waals surface area contributed by atoms with Crippen LogP contribution < -0.4 is 5.73 Å². The van der Waals surface area contributed by atoms with Crippen LogP contribution in [0.15, 0.2) is 28.5 Å². The second kappa shape index (κ2) is 5.44. The summed E-state index contributed by atoms with van der Waals surface area (Å²) >= 11 is 1.08. The van der Waals surface area contributed by atoms with Gasteiger partial charge in [0.05, 0.1) is 5.56 Å². The molecule has 1 amide bonds. The van der Waals surface area contributed by atoms with Gasteiger partial charge in [-0.15, -0.1) is 5.10 Å². The van der Waals surface area contributed by atoms with Crippen LogP contribution in [-0.4, -0.2) is 42.2 Å². The van der Waals surface area contributed by atoms with Crippen molar-refractivity contribution in [1.82, 2.24) is 25.2 Å². The average Bonchev–Trinajstić information content (AvgIpc) is 2.76. The minimum atomic E-state index is -1.05. The Hall–Kier alpha value is -2.49. The Kier molecular flexibility index (Phi) is 3.71. The maximum atomic E-state index is 10.9. The molecule has 0 aliphatic heterocycles. The van der Waals surface area contributed by atoms with Crippen molar-refractivity contribution in [3.8, 4) is 0 Å². The fraction of sp³-hybridized carbons (Fsp3) is 0.111. The van der Waals surface area contributed by atoms with Gasteiger partial charge in [0.2, 0.25) is 11.1 Å². The fourth-order valence-corrected chi connectivity index (χ4v) is 1.89. The molecule has 2 heterocycles. The number of rotatable bonds is 5. The molecule has 2 aromatic rings. The van der Waals surface area contributed by atoms with Crippen molar-refractivity contribution in [2.45, 2.75) is 16.7 Å². The van der Waals surface area contributed by atoms with Crippen LogP contribution >= 0.6 is 11.8 Å². The van der Waals surface area contributed by atoms with E-state index in [0.29, 0.717) is 10.2 Å². The summed E-state index contributed by atoms with van der Waals surface area (Å²) in [4.78, 5) is 25.5. The minimum Gasteiger partial charge on any atom is -0.480 e. The van der Waals surface area contributed by atoms with Crippen LogP contribution in [0.25, 0.3) is 0 Å². The van der Waals surface area contributed by atoms with E-state index < -0.39 is 11.9 Å². The molecule has 19 heavy (non-hydrogen) atoms. The third-order valence-corrected chi connectivity index (χ3v) is 2.93. The molecular formula is C9H8N6O3S. The number of aromatic nitrogens is 5. The summed E-state index contributed by atoms with van der Waals surface area (Å²) < 4.78 is 1.14. The van der Waals surface area contributed by atoms with Crippen molar-refractivity contribution >= 4 is 23.6 Å². The Balaban J connectivity index is 2.15. The van der Waals surface area contributed by atoms with Gasteiger partial charge in [-0.05, 0) is 34.3 Å². The number of nitrogens with two attached hydrogens (primary N) is 1. The van der Waals surface area contributed by atoms with E-state index in [2.05, 4.69) is 20.5 Å². The Morgan fingerprint density at radius 1 is 1.42 bits per heavy atom. The first-order valence-corrected chi connectivity index (χ1v) is 5.79. The number of aliphatic carboxylic acids is 1. The zero-order valence-corrected chi connectivity index (χ0v) is 10.2. The molecule has 2 rings (SSSR count). The van der Waals surface area contributed by atoms with Crippen molar-refractivity contribution in [2.24, 2.45) is 5.73 Å². The van der Waals surface area contributed by atoms with Crippen LogP contribution in [0.2, 0.25) is 0 Å². The molecule has 0 radical (unpaired) electrons. The molecule has 9 nitrogen and oxygen atoms in total. The molecule has 0 aromatic carbocycles. The lowest BCUT2D eigenvalue weighted by atomic mass is 10.3. The summed E-state index contributed by atoms with van der Waals surface area (Å²) in [6, 6.07) is 3.09. The van der Waals surface area contributed by atoms with Crippen LogP contribution in [0, 0.1) is 0 Å². The largest absolute Gasteiger partial charge is 0.480 e. The van der Waals surface area contributed by atoms with Gasteiger partial charge in [0.1, 0.15) is 11.6 Å². The first kappa shape index (κ1) is 13.0. The lowest BCUT2D eigenvalue weighted by Crippen LogP contribution is -2.12. The topological polar surface area (TPSA) is 137 Å². The van der Waals surface area contributed by atoms with Crippen molar-refractivity contribution in [3.05, 3.63) is 23.9 Å². The monoisotopic (exact) mass is 280 g/mol. The first-order chi connectivity index (χ1) is 9.06. The van der Waals surface area contributed by atoms with Gasteiger partial charge in [-0.1, -0.05) is 0 Å². The molecule has 0 saturated carbocycles. The molecule has 0 unspecified atom stereocenters. The van der Waals surface area contributed by atoms with E-state index in [0.717, 1.165) is 16.4 Å². The van der Waals surface area contributed by atoms with Gasteiger partial charge >= 0.3 is 5.97 Å². The lowest BCUT2D eigenvalue weighted by molar-refractivity contribution is -0.138. The zero-order chi connectivity index (χ0) is 13.8. The second-order valence-corrected chi connectivity index (χ2v) is 4.35. The van der Waals surface area contributed by atoms with Crippen LogP contribution in [-0.2, 0) is 11.3 Å². The molecule has 0 aliphatic carbocycles. The van der Waals surface area contributed by atoms with Gasteiger partial charge in [0.25, 0.3) is 0 Å². The van der Waals surface area contributed by atoms with Gasteiger partial charge in [0, 0.05) is 6.20 Å². The number of primary amides is 1. The van der Waals surface area contributed by atoms with E-state index in [1.54, 1.807) is 6.07 Å². The fourth-order valence-electron chi connectivity index (χ4n) is 1.18. The Bertz CT molecular complexity index is 611. The SMILES string of the molecule is NC(=O)c1ccc(Sc2nnnn2CC(=O)O)nc1. The quantitative estimate of drug-likeness (QED) is 0.740. The molecule has 98 valence electrons. The predicted molar refractivity (Wildman–Crippen MR) is 62.3 cm³/mol. The van der Waals surface area contributed by atoms with Crippen molar-refractivity contribution in [1.29, 1.82) is 0 Å². The summed E-state index contributed by atoms with van der Waals surface area (Å²) in [6.45, 7) is -0.339. The number of hydrogen-bond acceptors (Lipinski definition) is 7. The molecule has 0 fully saturated rings. The normalized spacial score (nSPS) is 10.3. The Labute approximate surface area is 110 Å². The highest BCUT2D eigenvalue weighted by atomic mass is 32.2. The third kappa shape index (κ3) is 3.25. The minimum absolute atomic E-state index is 0.287. The van der Waals surface area contributed by atoms with Crippen molar-refractivity contribution in [2.75, 3.05) is 0 Å². The highest BCUT2D eigenvalue weighted by Crippen LogP contribution is 2.22. The second-order valence-electron chi connectivity index (χ2n) is 3.36. The first-order valence-electron chi connectivity index (χ1n) is 4.98. The highest BCUT2D eigenvalue weighted by molar-refractivity contribution is 7.99. The van der Waals surface area contributed by atoms with E-state index >= 15 is 0 Å². The number of carboxylic acids is 1. The molecule has 0 saturated heterocycles. The van der Waals surface area contributed by atoms with Gasteiger partial charge in [0.15, 0.2) is 0 Å². The Morgan fingerprint density at radius 3 is 2.79 bits per heavy atom. The Morgan fingerprint density at radius 2 is 2.21 bits per heavy atom. The summed E-state index contributed by atoms with van der Waals surface area (Å²) in [5.74, 6) is -1.62. The molecule has 0 aliphatic rings. The maximum Gasteiger partial charge on any atom is 0.325 e. The number of amides is 1. The number of tetrazole rings is 1. The van der Waals surface area contributed by atoms with E-state index in [1.807, 2.05) is 0 Å².